The summed E-state index contributed by atoms with van der Waals surface area (Å²) in [4.78, 5) is 2.13. The van der Waals surface area contributed by atoms with Gasteiger partial charge in [0.05, 0.1) is 5.56 Å². The standard InChI is InChI=1S/C16H25F3N2/c1-5-15(4,21(6-2)7-3)14(20)12-10-8-9-11-13(12)16(17,18)19/h8-11,14H,5-7,20H2,1-4H3. The Balaban J connectivity index is 3.32. The molecule has 0 aliphatic rings. The molecule has 2 nitrogen and oxygen atoms in total. The van der Waals surface area contributed by atoms with E-state index in [0.717, 1.165) is 19.2 Å². The van der Waals surface area contributed by atoms with E-state index in [0.29, 0.717) is 6.42 Å². The first kappa shape index (κ1) is 18.0. The molecular weight excluding hydrogens is 277 g/mol. The summed E-state index contributed by atoms with van der Waals surface area (Å²) in [7, 11) is 0. The van der Waals surface area contributed by atoms with Crippen molar-refractivity contribution in [2.75, 3.05) is 13.1 Å². The largest absolute Gasteiger partial charge is 0.416 e. The average Bonchev–Trinajstić information content (AvgIpc) is 2.46. The van der Waals surface area contributed by atoms with E-state index in [2.05, 4.69) is 4.90 Å². The Labute approximate surface area is 125 Å². The van der Waals surface area contributed by atoms with Crippen molar-refractivity contribution in [3.8, 4) is 0 Å². The molecule has 5 heteroatoms. The SMILES string of the molecule is CCN(CC)C(C)(CC)C(N)c1ccccc1C(F)(F)F. The highest BCUT2D eigenvalue weighted by Gasteiger charge is 2.41. The zero-order valence-corrected chi connectivity index (χ0v) is 13.2. The first-order valence-corrected chi connectivity index (χ1v) is 7.39. The molecule has 0 radical (unpaired) electrons. The normalized spacial score (nSPS) is 16.8. The maximum atomic E-state index is 13.2. The van der Waals surface area contributed by atoms with Crippen molar-refractivity contribution < 1.29 is 13.2 Å². The minimum absolute atomic E-state index is 0.168. The van der Waals surface area contributed by atoms with Crippen LogP contribution < -0.4 is 5.73 Å². The predicted molar refractivity (Wildman–Crippen MR) is 80.0 cm³/mol. The molecule has 0 fully saturated rings. The Morgan fingerprint density at radius 1 is 1.10 bits per heavy atom. The average molecular weight is 302 g/mol. The molecule has 0 aromatic heterocycles. The summed E-state index contributed by atoms with van der Waals surface area (Å²) in [6.07, 6.45) is -3.70. The number of benzene rings is 1. The molecule has 0 bridgehead atoms. The number of likely N-dealkylation sites (N-methyl/N-ethyl adjacent to an activating group) is 1. The molecule has 1 aromatic rings. The van der Waals surface area contributed by atoms with Gasteiger partial charge in [-0.2, -0.15) is 13.2 Å². The van der Waals surface area contributed by atoms with Crippen molar-refractivity contribution >= 4 is 0 Å². The van der Waals surface area contributed by atoms with E-state index in [1.165, 1.54) is 12.1 Å². The first-order valence-electron chi connectivity index (χ1n) is 7.39. The molecule has 0 aliphatic heterocycles. The van der Waals surface area contributed by atoms with Crippen molar-refractivity contribution in [2.24, 2.45) is 5.73 Å². The van der Waals surface area contributed by atoms with Crippen molar-refractivity contribution in [1.29, 1.82) is 0 Å². The first-order chi connectivity index (χ1) is 9.72. The van der Waals surface area contributed by atoms with E-state index in [-0.39, 0.29) is 5.56 Å². The summed E-state index contributed by atoms with van der Waals surface area (Å²) in [5.74, 6) is 0. The zero-order chi connectivity index (χ0) is 16.3. The maximum absolute atomic E-state index is 13.2. The van der Waals surface area contributed by atoms with Crippen LogP contribution in [0.5, 0.6) is 0 Å². The van der Waals surface area contributed by atoms with Gasteiger partial charge in [0.25, 0.3) is 0 Å². The van der Waals surface area contributed by atoms with E-state index in [4.69, 9.17) is 5.73 Å². The molecule has 2 unspecified atom stereocenters. The second-order valence-corrected chi connectivity index (χ2v) is 5.45. The van der Waals surface area contributed by atoms with Crippen LogP contribution in [0.15, 0.2) is 24.3 Å². The van der Waals surface area contributed by atoms with Gasteiger partial charge < -0.3 is 5.73 Å². The van der Waals surface area contributed by atoms with Crippen LogP contribution in [0.2, 0.25) is 0 Å². The fraction of sp³-hybridized carbons (Fsp3) is 0.625. The summed E-state index contributed by atoms with van der Waals surface area (Å²) in [5, 5.41) is 0. The van der Waals surface area contributed by atoms with Crippen molar-refractivity contribution in [2.45, 2.75) is 51.9 Å². The smallest absolute Gasteiger partial charge is 0.322 e. The third-order valence-corrected chi connectivity index (χ3v) is 4.47. The molecule has 1 rings (SSSR count). The lowest BCUT2D eigenvalue weighted by Crippen LogP contribution is -2.53. The third-order valence-electron chi connectivity index (χ3n) is 4.47. The van der Waals surface area contributed by atoms with Crippen LogP contribution in [0.25, 0.3) is 0 Å². The van der Waals surface area contributed by atoms with E-state index < -0.39 is 23.3 Å². The highest BCUT2D eigenvalue weighted by Crippen LogP contribution is 2.39. The minimum atomic E-state index is -4.38. The topological polar surface area (TPSA) is 29.3 Å². The van der Waals surface area contributed by atoms with Gasteiger partial charge in [0, 0.05) is 11.6 Å². The summed E-state index contributed by atoms with van der Waals surface area (Å²) < 4.78 is 39.6. The van der Waals surface area contributed by atoms with Crippen LogP contribution in [-0.4, -0.2) is 23.5 Å². The van der Waals surface area contributed by atoms with Gasteiger partial charge in [0.15, 0.2) is 0 Å². The van der Waals surface area contributed by atoms with Gasteiger partial charge >= 0.3 is 6.18 Å². The van der Waals surface area contributed by atoms with Crippen LogP contribution in [0, 0.1) is 0 Å². The molecule has 0 saturated carbocycles. The molecule has 0 spiro atoms. The van der Waals surface area contributed by atoms with Gasteiger partial charge in [-0.25, -0.2) is 0 Å². The van der Waals surface area contributed by atoms with Gasteiger partial charge in [-0.3, -0.25) is 4.90 Å². The number of nitrogens with zero attached hydrogens (tertiary/aromatic N) is 1. The van der Waals surface area contributed by atoms with E-state index in [9.17, 15) is 13.2 Å². The predicted octanol–water partition coefficient (Wildman–Crippen LogP) is 4.22. The number of alkyl halides is 3. The molecule has 0 amide bonds. The molecule has 1 aromatic carbocycles. The lowest BCUT2D eigenvalue weighted by molar-refractivity contribution is -0.138. The number of halogens is 3. The van der Waals surface area contributed by atoms with Crippen LogP contribution in [0.3, 0.4) is 0 Å². The van der Waals surface area contributed by atoms with Crippen LogP contribution >= 0.6 is 0 Å². The van der Waals surface area contributed by atoms with Crippen molar-refractivity contribution in [1.82, 2.24) is 4.90 Å². The van der Waals surface area contributed by atoms with Gasteiger partial charge in [-0.05, 0) is 38.1 Å². The van der Waals surface area contributed by atoms with Crippen LogP contribution in [0.1, 0.15) is 51.3 Å². The Hall–Kier alpha value is -1.07. The molecular formula is C16H25F3N2. The van der Waals surface area contributed by atoms with Crippen LogP contribution in [-0.2, 0) is 6.18 Å². The van der Waals surface area contributed by atoms with Gasteiger partial charge in [0.2, 0.25) is 0 Å². The van der Waals surface area contributed by atoms with Gasteiger partial charge in [-0.1, -0.05) is 39.0 Å². The Morgan fingerprint density at radius 2 is 1.62 bits per heavy atom. The maximum Gasteiger partial charge on any atom is 0.416 e. The van der Waals surface area contributed by atoms with E-state index in [1.807, 2.05) is 27.7 Å². The second-order valence-electron chi connectivity index (χ2n) is 5.45. The molecule has 0 heterocycles. The molecule has 0 aliphatic carbocycles. The lowest BCUT2D eigenvalue weighted by Gasteiger charge is -2.44. The lowest BCUT2D eigenvalue weighted by atomic mass is 9.81. The number of hydrogen-bond donors (Lipinski definition) is 1. The van der Waals surface area contributed by atoms with Crippen molar-refractivity contribution in [3.63, 3.8) is 0 Å². The highest BCUT2D eigenvalue weighted by atomic mass is 19.4. The molecule has 2 N–H and O–H groups in total. The quantitative estimate of drug-likeness (QED) is 0.852. The summed E-state index contributed by atoms with van der Waals surface area (Å²) in [6.45, 7) is 9.41. The Morgan fingerprint density at radius 3 is 2.05 bits per heavy atom. The molecule has 120 valence electrons. The summed E-state index contributed by atoms with van der Waals surface area (Å²) >= 11 is 0. The summed E-state index contributed by atoms with van der Waals surface area (Å²) in [6, 6.07) is 4.92. The van der Waals surface area contributed by atoms with E-state index >= 15 is 0 Å². The van der Waals surface area contributed by atoms with E-state index in [1.54, 1.807) is 6.07 Å². The highest BCUT2D eigenvalue weighted by molar-refractivity contribution is 5.34. The zero-order valence-electron chi connectivity index (χ0n) is 13.2. The monoisotopic (exact) mass is 302 g/mol. The number of rotatable bonds is 6. The number of nitrogens with two attached hydrogens (primary N) is 1. The molecule has 0 saturated heterocycles. The molecule has 2 atom stereocenters. The Kier molecular flexibility index (Phi) is 5.82. The van der Waals surface area contributed by atoms with Gasteiger partial charge in [0.1, 0.15) is 0 Å². The molecule has 21 heavy (non-hydrogen) atoms. The van der Waals surface area contributed by atoms with Crippen LogP contribution in [0.4, 0.5) is 13.2 Å². The van der Waals surface area contributed by atoms with Crippen molar-refractivity contribution in [3.05, 3.63) is 35.4 Å². The van der Waals surface area contributed by atoms with Gasteiger partial charge in [-0.15, -0.1) is 0 Å². The number of hydrogen-bond acceptors (Lipinski definition) is 2. The fourth-order valence-corrected chi connectivity index (χ4v) is 2.95. The second kappa shape index (κ2) is 6.79. The fourth-order valence-electron chi connectivity index (χ4n) is 2.95. The third kappa shape index (κ3) is 3.58. The minimum Gasteiger partial charge on any atom is -0.322 e. The Bertz CT molecular complexity index is 455. The summed E-state index contributed by atoms with van der Waals surface area (Å²) in [5.41, 5.74) is 5.32.